The van der Waals surface area contributed by atoms with Crippen molar-refractivity contribution in [2.45, 2.75) is 12.8 Å². The van der Waals surface area contributed by atoms with Gasteiger partial charge in [0, 0.05) is 17.2 Å². The number of carbonyl (C=O) groups is 3. The Hall–Kier alpha value is -3.22. The highest BCUT2D eigenvalue weighted by molar-refractivity contribution is 6.00. The number of halogens is 1. The normalized spacial score (nSPS) is 13.0. The number of Topliss-reactive ketones (excluding diaryl/α,β-unsaturated/α-hetero) is 1. The molecule has 0 radical (unpaired) electrons. The Morgan fingerprint density at radius 2 is 1.89 bits per heavy atom. The summed E-state index contributed by atoms with van der Waals surface area (Å²) in [5.74, 6) is -1.93. The summed E-state index contributed by atoms with van der Waals surface area (Å²) in [6.07, 6.45) is 1.75. The highest BCUT2D eigenvalue weighted by Gasteiger charge is 2.29. The molecule has 0 heterocycles. The summed E-state index contributed by atoms with van der Waals surface area (Å²) in [4.78, 5) is 36.0. The number of amides is 1. The van der Waals surface area contributed by atoms with Crippen LogP contribution in [-0.4, -0.2) is 31.4 Å². The first-order chi connectivity index (χ1) is 13.0. The number of anilines is 1. The van der Waals surface area contributed by atoms with E-state index in [1.807, 2.05) is 0 Å². The number of rotatable bonds is 7. The maximum Gasteiger partial charge on any atom is 0.338 e. The van der Waals surface area contributed by atoms with Gasteiger partial charge in [-0.25, -0.2) is 9.18 Å². The third-order valence-electron chi connectivity index (χ3n) is 4.12. The summed E-state index contributed by atoms with van der Waals surface area (Å²) in [7, 11) is 1.32. The fourth-order valence-electron chi connectivity index (χ4n) is 2.45. The molecular formula is C20H18FNO5. The molecule has 1 amide bonds. The zero-order valence-corrected chi connectivity index (χ0v) is 14.7. The van der Waals surface area contributed by atoms with Gasteiger partial charge in [0.25, 0.3) is 0 Å². The fraction of sp³-hybridized carbons (Fsp3) is 0.250. The summed E-state index contributed by atoms with van der Waals surface area (Å²) >= 11 is 0. The van der Waals surface area contributed by atoms with Gasteiger partial charge in [0.15, 0.2) is 24.0 Å². The van der Waals surface area contributed by atoms with E-state index in [1.54, 1.807) is 12.1 Å². The number of methoxy groups -OCH3 is 1. The van der Waals surface area contributed by atoms with Crippen molar-refractivity contribution in [1.82, 2.24) is 0 Å². The first-order valence-electron chi connectivity index (χ1n) is 8.42. The van der Waals surface area contributed by atoms with Gasteiger partial charge in [-0.3, -0.25) is 9.59 Å². The molecule has 0 saturated heterocycles. The van der Waals surface area contributed by atoms with Crippen molar-refractivity contribution in [2.75, 3.05) is 19.0 Å². The monoisotopic (exact) mass is 371 g/mol. The summed E-state index contributed by atoms with van der Waals surface area (Å²) in [6, 6.07) is 10.0. The standard InChI is InChI=1S/C20H18FNO5/c1-26-18-8-7-13(10-16(18)21)17(23)11-27-20(25)14-3-2-4-15(9-14)22-19(24)12-5-6-12/h2-4,7-10,12H,5-6,11H2,1H3,(H,22,24). The summed E-state index contributed by atoms with van der Waals surface area (Å²) < 4.78 is 23.5. The van der Waals surface area contributed by atoms with E-state index >= 15 is 0 Å². The van der Waals surface area contributed by atoms with E-state index in [9.17, 15) is 18.8 Å². The number of esters is 1. The van der Waals surface area contributed by atoms with Crippen LogP contribution in [-0.2, 0) is 9.53 Å². The number of carbonyl (C=O) groups excluding carboxylic acids is 3. The van der Waals surface area contributed by atoms with Crippen molar-refractivity contribution in [3.05, 3.63) is 59.4 Å². The maximum absolute atomic E-state index is 13.7. The first kappa shape index (κ1) is 18.6. The molecule has 0 atom stereocenters. The molecule has 0 bridgehead atoms. The van der Waals surface area contributed by atoms with Crippen LogP contribution in [0.2, 0.25) is 0 Å². The van der Waals surface area contributed by atoms with Crippen LogP contribution in [0.1, 0.15) is 33.6 Å². The Balaban J connectivity index is 1.59. The lowest BCUT2D eigenvalue weighted by atomic mass is 10.1. The molecule has 2 aromatic rings. The number of nitrogens with one attached hydrogen (secondary N) is 1. The van der Waals surface area contributed by atoms with Crippen LogP contribution < -0.4 is 10.1 Å². The summed E-state index contributed by atoms with van der Waals surface area (Å²) in [5, 5.41) is 2.74. The van der Waals surface area contributed by atoms with Crippen molar-refractivity contribution >= 4 is 23.3 Å². The third-order valence-corrected chi connectivity index (χ3v) is 4.12. The van der Waals surface area contributed by atoms with E-state index in [4.69, 9.17) is 9.47 Å². The van der Waals surface area contributed by atoms with E-state index in [1.165, 1.54) is 31.4 Å². The van der Waals surface area contributed by atoms with Crippen molar-refractivity contribution in [2.24, 2.45) is 5.92 Å². The lowest BCUT2D eigenvalue weighted by molar-refractivity contribution is -0.117. The Labute approximate surface area is 155 Å². The zero-order valence-electron chi connectivity index (χ0n) is 14.7. The van der Waals surface area contributed by atoms with Gasteiger partial charge < -0.3 is 14.8 Å². The molecule has 6 nitrogen and oxygen atoms in total. The second-order valence-corrected chi connectivity index (χ2v) is 6.19. The highest BCUT2D eigenvalue weighted by Crippen LogP contribution is 2.30. The fourth-order valence-corrected chi connectivity index (χ4v) is 2.45. The minimum absolute atomic E-state index is 0.0219. The molecule has 1 aliphatic carbocycles. The Morgan fingerprint density at radius 1 is 1.11 bits per heavy atom. The smallest absolute Gasteiger partial charge is 0.338 e. The second-order valence-electron chi connectivity index (χ2n) is 6.19. The second kappa shape index (κ2) is 7.99. The molecule has 0 aliphatic heterocycles. The molecule has 0 unspecified atom stereocenters. The van der Waals surface area contributed by atoms with Gasteiger partial charge in [-0.2, -0.15) is 0 Å². The SMILES string of the molecule is COc1ccc(C(=O)COC(=O)c2cccc(NC(=O)C3CC3)c2)cc1F. The minimum atomic E-state index is -0.708. The number of hydrogen-bond donors (Lipinski definition) is 1. The number of ketones is 1. The molecule has 0 aromatic heterocycles. The molecule has 2 aromatic carbocycles. The Morgan fingerprint density at radius 3 is 2.56 bits per heavy atom. The van der Waals surface area contributed by atoms with Crippen LogP contribution in [0, 0.1) is 11.7 Å². The Kier molecular flexibility index (Phi) is 5.49. The number of ether oxygens (including phenoxy) is 2. The average Bonchev–Trinajstić information content (AvgIpc) is 3.51. The molecule has 27 heavy (non-hydrogen) atoms. The van der Waals surface area contributed by atoms with E-state index in [0.29, 0.717) is 5.69 Å². The average molecular weight is 371 g/mol. The van der Waals surface area contributed by atoms with Crippen LogP contribution in [0.3, 0.4) is 0 Å². The van der Waals surface area contributed by atoms with Crippen molar-refractivity contribution < 1.29 is 28.2 Å². The zero-order chi connectivity index (χ0) is 19.4. The van der Waals surface area contributed by atoms with Crippen LogP contribution in [0.4, 0.5) is 10.1 Å². The first-order valence-corrected chi connectivity index (χ1v) is 8.42. The van der Waals surface area contributed by atoms with Crippen molar-refractivity contribution in [1.29, 1.82) is 0 Å². The highest BCUT2D eigenvalue weighted by atomic mass is 19.1. The third kappa shape index (κ3) is 4.69. The van der Waals surface area contributed by atoms with E-state index in [-0.39, 0.29) is 28.7 Å². The molecule has 7 heteroatoms. The Bertz CT molecular complexity index is 892. The summed E-state index contributed by atoms with van der Waals surface area (Å²) in [6.45, 7) is -0.525. The van der Waals surface area contributed by atoms with Crippen LogP contribution >= 0.6 is 0 Å². The van der Waals surface area contributed by atoms with E-state index in [0.717, 1.165) is 18.9 Å². The lowest BCUT2D eigenvalue weighted by Crippen LogP contribution is -2.16. The van der Waals surface area contributed by atoms with Crippen LogP contribution in [0.15, 0.2) is 42.5 Å². The van der Waals surface area contributed by atoms with Gasteiger partial charge in [0.05, 0.1) is 12.7 Å². The number of benzene rings is 2. The van der Waals surface area contributed by atoms with Crippen LogP contribution in [0.5, 0.6) is 5.75 Å². The van der Waals surface area contributed by atoms with Gasteiger partial charge in [-0.1, -0.05) is 6.07 Å². The molecule has 1 N–H and O–H groups in total. The topological polar surface area (TPSA) is 81.7 Å². The quantitative estimate of drug-likeness (QED) is 0.597. The van der Waals surface area contributed by atoms with E-state index in [2.05, 4.69) is 5.32 Å². The number of hydrogen-bond acceptors (Lipinski definition) is 5. The van der Waals surface area contributed by atoms with Crippen LogP contribution in [0.25, 0.3) is 0 Å². The summed E-state index contributed by atoms with van der Waals surface area (Å²) in [5.41, 5.74) is 0.772. The maximum atomic E-state index is 13.7. The molecule has 1 saturated carbocycles. The largest absolute Gasteiger partial charge is 0.494 e. The molecule has 1 aliphatic rings. The van der Waals surface area contributed by atoms with Gasteiger partial charge in [0.2, 0.25) is 5.91 Å². The molecule has 140 valence electrons. The lowest BCUT2D eigenvalue weighted by Gasteiger charge is -2.08. The van der Waals surface area contributed by atoms with Crippen molar-refractivity contribution in [3.8, 4) is 5.75 Å². The van der Waals surface area contributed by atoms with Gasteiger partial charge in [0.1, 0.15) is 0 Å². The van der Waals surface area contributed by atoms with Crippen molar-refractivity contribution in [3.63, 3.8) is 0 Å². The van der Waals surface area contributed by atoms with Gasteiger partial charge >= 0.3 is 5.97 Å². The predicted molar refractivity (Wildman–Crippen MR) is 95.4 cm³/mol. The van der Waals surface area contributed by atoms with E-state index < -0.39 is 24.2 Å². The van der Waals surface area contributed by atoms with Gasteiger partial charge in [-0.15, -0.1) is 0 Å². The minimum Gasteiger partial charge on any atom is -0.494 e. The predicted octanol–water partition coefficient (Wildman–Crippen LogP) is 3.22. The van der Waals surface area contributed by atoms with Gasteiger partial charge in [-0.05, 0) is 49.2 Å². The molecular weight excluding hydrogens is 353 g/mol. The molecule has 0 spiro atoms. The molecule has 3 rings (SSSR count). The molecule has 1 fully saturated rings.